The van der Waals surface area contributed by atoms with Crippen LogP contribution in [0.1, 0.15) is 0 Å². The third-order valence-electron chi connectivity index (χ3n) is 4.18. The predicted octanol–water partition coefficient (Wildman–Crippen LogP) is 3.05. The summed E-state index contributed by atoms with van der Waals surface area (Å²) in [5, 5.41) is 6.04. The number of morpholine rings is 1. The number of anilines is 2. The van der Waals surface area contributed by atoms with Crippen molar-refractivity contribution in [3.05, 3.63) is 48.1 Å². The van der Waals surface area contributed by atoms with Gasteiger partial charge in [-0.3, -0.25) is 4.90 Å². The number of aromatic nitrogens is 3. The van der Waals surface area contributed by atoms with Gasteiger partial charge >= 0.3 is 0 Å². The van der Waals surface area contributed by atoms with Crippen LogP contribution in [0.25, 0.3) is 10.7 Å². The van der Waals surface area contributed by atoms with E-state index in [9.17, 15) is 0 Å². The van der Waals surface area contributed by atoms with Crippen LogP contribution in [0.2, 0.25) is 0 Å². The molecular formula is C19H21N5O2S. The largest absolute Gasteiger partial charge is 0.492 e. The summed E-state index contributed by atoms with van der Waals surface area (Å²) < 4.78 is 11.3. The number of thiazole rings is 1. The average molecular weight is 383 g/mol. The van der Waals surface area contributed by atoms with Crippen molar-refractivity contribution in [2.24, 2.45) is 0 Å². The van der Waals surface area contributed by atoms with Gasteiger partial charge in [0.25, 0.3) is 0 Å². The number of ether oxygens (including phenoxy) is 2. The van der Waals surface area contributed by atoms with Gasteiger partial charge in [-0.05, 0) is 18.2 Å². The molecule has 4 rings (SSSR count). The topological polar surface area (TPSA) is 72.4 Å². The number of hydrogen-bond acceptors (Lipinski definition) is 8. The van der Waals surface area contributed by atoms with Crippen LogP contribution in [-0.4, -0.2) is 59.3 Å². The minimum absolute atomic E-state index is 0.535. The number of nitrogens with zero attached hydrogens (tertiary/aromatic N) is 4. The van der Waals surface area contributed by atoms with E-state index in [1.165, 1.54) is 0 Å². The Morgan fingerprint density at radius 2 is 2.07 bits per heavy atom. The van der Waals surface area contributed by atoms with E-state index in [0.29, 0.717) is 12.6 Å². The first kappa shape index (κ1) is 17.8. The minimum Gasteiger partial charge on any atom is -0.492 e. The molecule has 0 atom stereocenters. The first-order valence-electron chi connectivity index (χ1n) is 8.90. The summed E-state index contributed by atoms with van der Waals surface area (Å²) in [7, 11) is 0. The van der Waals surface area contributed by atoms with Crippen molar-refractivity contribution in [3.63, 3.8) is 0 Å². The lowest BCUT2D eigenvalue weighted by Crippen LogP contribution is -2.38. The lowest BCUT2D eigenvalue weighted by molar-refractivity contribution is 0.0322. The molecule has 0 aliphatic carbocycles. The summed E-state index contributed by atoms with van der Waals surface area (Å²) in [6.07, 6.45) is 3.50. The minimum atomic E-state index is 0.535. The molecule has 1 aromatic carbocycles. The molecule has 1 aliphatic heterocycles. The van der Waals surface area contributed by atoms with E-state index in [-0.39, 0.29) is 0 Å². The first-order valence-corrected chi connectivity index (χ1v) is 9.78. The summed E-state index contributed by atoms with van der Waals surface area (Å²) in [4.78, 5) is 15.5. The molecule has 0 amide bonds. The van der Waals surface area contributed by atoms with Crippen LogP contribution in [0.3, 0.4) is 0 Å². The summed E-state index contributed by atoms with van der Waals surface area (Å²) in [6, 6.07) is 9.69. The smallest absolute Gasteiger partial charge is 0.227 e. The molecule has 0 unspecified atom stereocenters. The van der Waals surface area contributed by atoms with Crippen molar-refractivity contribution >= 4 is 23.0 Å². The van der Waals surface area contributed by atoms with Gasteiger partial charge in [-0.15, -0.1) is 11.3 Å². The summed E-state index contributed by atoms with van der Waals surface area (Å²) in [5.41, 5.74) is 1.69. The maximum atomic E-state index is 5.90. The maximum absolute atomic E-state index is 5.90. The second-order valence-corrected chi connectivity index (χ2v) is 6.95. The number of rotatable bonds is 7. The highest BCUT2D eigenvalue weighted by Crippen LogP contribution is 2.23. The van der Waals surface area contributed by atoms with Gasteiger partial charge in [0.2, 0.25) is 5.95 Å². The molecule has 8 heteroatoms. The van der Waals surface area contributed by atoms with E-state index < -0.39 is 0 Å². The Hall–Kier alpha value is -2.55. The summed E-state index contributed by atoms with van der Waals surface area (Å²) in [5.74, 6) is 1.36. The van der Waals surface area contributed by atoms with Gasteiger partial charge in [0.15, 0.2) is 0 Å². The van der Waals surface area contributed by atoms with E-state index in [2.05, 4.69) is 25.2 Å². The average Bonchev–Trinajstić information content (AvgIpc) is 3.24. The van der Waals surface area contributed by atoms with Gasteiger partial charge in [0.05, 0.1) is 13.2 Å². The van der Waals surface area contributed by atoms with Crippen LogP contribution >= 0.6 is 11.3 Å². The van der Waals surface area contributed by atoms with Gasteiger partial charge in [-0.25, -0.2) is 15.0 Å². The third-order valence-corrected chi connectivity index (χ3v) is 4.97. The van der Waals surface area contributed by atoms with Gasteiger partial charge in [-0.1, -0.05) is 6.07 Å². The molecule has 1 saturated heterocycles. The summed E-state index contributed by atoms with van der Waals surface area (Å²) >= 11 is 1.55. The monoisotopic (exact) mass is 383 g/mol. The fourth-order valence-corrected chi connectivity index (χ4v) is 3.40. The van der Waals surface area contributed by atoms with E-state index in [1.54, 1.807) is 23.7 Å². The highest BCUT2D eigenvalue weighted by molar-refractivity contribution is 7.13. The lowest BCUT2D eigenvalue weighted by Gasteiger charge is -2.26. The van der Waals surface area contributed by atoms with Gasteiger partial charge < -0.3 is 14.8 Å². The molecule has 0 spiro atoms. The quantitative estimate of drug-likeness (QED) is 0.672. The Kier molecular flexibility index (Phi) is 5.88. The second kappa shape index (κ2) is 8.90. The zero-order valence-electron chi connectivity index (χ0n) is 14.9. The molecule has 2 aromatic heterocycles. The number of hydrogen-bond donors (Lipinski definition) is 1. The molecule has 1 fully saturated rings. The Labute approximate surface area is 162 Å². The number of nitrogens with one attached hydrogen (secondary N) is 1. The SMILES string of the molecule is c1cc(Nc2nccc(-c3nccs3)n2)cc(OCCN2CCOCC2)c1. The van der Waals surface area contributed by atoms with Crippen LogP contribution in [0.4, 0.5) is 11.6 Å². The molecule has 0 saturated carbocycles. The molecule has 3 aromatic rings. The van der Waals surface area contributed by atoms with Crippen molar-refractivity contribution in [1.29, 1.82) is 0 Å². The molecule has 0 bridgehead atoms. The fourth-order valence-electron chi connectivity index (χ4n) is 2.80. The number of benzene rings is 1. The fraction of sp³-hybridized carbons (Fsp3) is 0.316. The van der Waals surface area contributed by atoms with E-state index in [4.69, 9.17) is 9.47 Å². The molecule has 140 valence electrons. The van der Waals surface area contributed by atoms with Crippen molar-refractivity contribution in [1.82, 2.24) is 19.9 Å². The van der Waals surface area contributed by atoms with Gasteiger partial charge in [0.1, 0.15) is 23.1 Å². The van der Waals surface area contributed by atoms with Crippen molar-refractivity contribution in [2.45, 2.75) is 0 Å². The Balaban J connectivity index is 1.35. The first-order chi connectivity index (χ1) is 13.4. The van der Waals surface area contributed by atoms with Crippen LogP contribution in [0.5, 0.6) is 5.75 Å². The Bertz CT molecular complexity index is 853. The van der Waals surface area contributed by atoms with Crippen molar-refractivity contribution < 1.29 is 9.47 Å². The van der Waals surface area contributed by atoms with Crippen LogP contribution in [-0.2, 0) is 4.74 Å². The predicted molar refractivity (Wildman–Crippen MR) is 106 cm³/mol. The lowest BCUT2D eigenvalue weighted by atomic mass is 10.3. The summed E-state index contributed by atoms with van der Waals surface area (Å²) in [6.45, 7) is 5.11. The van der Waals surface area contributed by atoms with Crippen LogP contribution in [0, 0.1) is 0 Å². The van der Waals surface area contributed by atoms with Crippen LogP contribution in [0.15, 0.2) is 48.1 Å². The van der Waals surface area contributed by atoms with Gasteiger partial charge in [0, 0.05) is 49.2 Å². The van der Waals surface area contributed by atoms with E-state index >= 15 is 0 Å². The molecule has 27 heavy (non-hydrogen) atoms. The molecule has 1 N–H and O–H groups in total. The molecule has 7 nitrogen and oxygen atoms in total. The zero-order valence-corrected chi connectivity index (χ0v) is 15.7. The highest BCUT2D eigenvalue weighted by Gasteiger charge is 2.10. The Morgan fingerprint density at radius 1 is 1.15 bits per heavy atom. The normalized spacial score (nSPS) is 14.8. The third kappa shape index (κ3) is 5.00. The molecule has 3 heterocycles. The molecular weight excluding hydrogens is 362 g/mol. The molecule has 0 radical (unpaired) electrons. The maximum Gasteiger partial charge on any atom is 0.227 e. The van der Waals surface area contributed by atoms with Crippen molar-refractivity contribution in [3.8, 4) is 16.5 Å². The standard InChI is InChI=1S/C19H21N5O2S/c1-2-15(14-16(3-1)26-12-9-24-7-10-25-11-8-24)22-19-21-5-4-17(23-19)18-20-6-13-27-18/h1-6,13-14H,7-12H2,(H,21,22,23). The highest BCUT2D eigenvalue weighted by atomic mass is 32.1. The van der Waals surface area contributed by atoms with Crippen LogP contribution < -0.4 is 10.1 Å². The van der Waals surface area contributed by atoms with E-state index in [0.717, 1.165) is 55.0 Å². The second-order valence-electron chi connectivity index (χ2n) is 6.06. The Morgan fingerprint density at radius 3 is 2.93 bits per heavy atom. The van der Waals surface area contributed by atoms with Gasteiger partial charge in [-0.2, -0.15) is 0 Å². The zero-order chi connectivity index (χ0) is 18.3. The van der Waals surface area contributed by atoms with E-state index in [1.807, 2.05) is 35.7 Å². The molecule has 1 aliphatic rings. The van der Waals surface area contributed by atoms with Crippen molar-refractivity contribution in [2.75, 3.05) is 44.8 Å².